The number of halogens is 1. The van der Waals surface area contributed by atoms with E-state index in [0.29, 0.717) is 28.8 Å². The lowest BCUT2D eigenvalue weighted by Crippen LogP contribution is -2.47. The third-order valence-electron chi connectivity index (χ3n) is 4.92. The van der Waals surface area contributed by atoms with Crippen LogP contribution in [0, 0.1) is 5.92 Å². The Bertz CT molecular complexity index is 795. The highest BCUT2D eigenvalue weighted by atomic mass is 35.5. The summed E-state index contributed by atoms with van der Waals surface area (Å²) in [6.07, 6.45) is 3.52. The SMILES string of the molecule is O=C(c1ccc(Cl)s1)N1CC2CCC(C1)N(Cc1ccccn1)C2=O. The van der Waals surface area contributed by atoms with Gasteiger partial charge in [0.15, 0.2) is 0 Å². The molecule has 3 aliphatic heterocycles. The topological polar surface area (TPSA) is 53.5 Å². The second-order valence-corrected chi connectivity index (χ2v) is 8.24. The molecule has 3 fully saturated rings. The molecule has 7 heteroatoms. The molecule has 2 aromatic rings. The molecule has 2 amide bonds. The fourth-order valence-electron chi connectivity index (χ4n) is 3.67. The van der Waals surface area contributed by atoms with Crippen molar-refractivity contribution in [1.82, 2.24) is 14.8 Å². The number of pyridine rings is 1. The van der Waals surface area contributed by atoms with Crippen LogP contribution in [-0.2, 0) is 11.3 Å². The van der Waals surface area contributed by atoms with Crippen LogP contribution >= 0.6 is 22.9 Å². The molecular weight excluding hydrogens is 358 g/mol. The smallest absolute Gasteiger partial charge is 0.264 e. The number of aromatic nitrogens is 1. The zero-order valence-electron chi connectivity index (χ0n) is 13.6. The number of hydrogen-bond acceptors (Lipinski definition) is 4. The van der Waals surface area contributed by atoms with E-state index in [1.54, 1.807) is 18.3 Å². The summed E-state index contributed by atoms with van der Waals surface area (Å²) in [6, 6.07) is 9.28. The molecule has 2 unspecified atom stereocenters. The van der Waals surface area contributed by atoms with E-state index in [1.807, 2.05) is 28.0 Å². The first-order valence-electron chi connectivity index (χ1n) is 8.37. The number of hydrogen-bond donors (Lipinski definition) is 0. The van der Waals surface area contributed by atoms with Crippen molar-refractivity contribution in [3.05, 3.63) is 51.4 Å². The summed E-state index contributed by atoms with van der Waals surface area (Å²) in [7, 11) is 0. The average Bonchev–Trinajstić information content (AvgIpc) is 2.88. The van der Waals surface area contributed by atoms with Gasteiger partial charge in [0.05, 0.1) is 27.4 Å². The Balaban J connectivity index is 1.55. The predicted octanol–water partition coefficient (Wildman–Crippen LogP) is 3.06. The Kier molecular flexibility index (Phi) is 4.48. The highest BCUT2D eigenvalue weighted by Crippen LogP contribution is 2.32. The van der Waals surface area contributed by atoms with Crippen molar-refractivity contribution in [2.75, 3.05) is 13.1 Å². The number of carbonyl (C=O) groups excluding carboxylic acids is 2. The minimum absolute atomic E-state index is 0.0266. The van der Waals surface area contributed by atoms with E-state index in [0.717, 1.165) is 18.5 Å². The molecular formula is C18H18ClN3O2S. The van der Waals surface area contributed by atoms with Crippen molar-refractivity contribution >= 4 is 34.8 Å². The van der Waals surface area contributed by atoms with Crippen molar-refractivity contribution in [3.63, 3.8) is 0 Å². The van der Waals surface area contributed by atoms with Gasteiger partial charge >= 0.3 is 0 Å². The molecule has 5 heterocycles. The summed E-state index contributed by atoms with van der Waals surface area (Å²) >= 11 is 7.25. The van der Waals surface area contributed by atoms with Crippen molar-refractivity contribution in [3.8, 4) is 0 Å². The van der Waals surface area contributed by atoms with Crippen LogP contribution in [0.2, 0.25) is 4.34 Å². The van der Waals surface area contributed by atoms with Gasteiger partial charge < -0.3 is 9.80 Å². The summed E-state index contributed by atoms with van der Waals surface area (Å²) in [5.74, 6) is -0.00968. The Morgan fingerprint density at radius 1 is 1.24 bits per heavy atom. The van der Waals surface area contributed by atoms with E-state index in [4.69, 9.17) is 11.6 Å². The molecule has 0 spiro atoms. The van der Waals surface area contributed by atoms with Gasteiger partial charge in [-0.05, 0) is 37.1 Å². The molecule has 2 atom stereocenters. The highest BCUT2D eigenvalue weighted by Gasteiger charge is 2.42. The van der Waals surface area contributed by atoms with E-state index >= 15 is 0 Å². The fourth-order valence-corrected chi connectivity index (χ4v) is 4.68. The first kappa shape index (κ1) is 16.5. The summed E-state index contributed by atoms with van der Waals surface area (Å²) in [4.78, 5) is 34.4. The van der Waals surface area contributed by atoms with Crippen LogP contribution in [0.4, 0.5) is 0 Å². The van der Waals surface area contributed by atoms with Gasteiger partial charge in [-0.1, -0.05) is 17.7 Å². The highest BCUT2D eigenvalue weighted by molar-refractivity contribution is 7.17. The minimum atomic E-state index is -0.123. The molecule has 0 aliphatic carbocycles. The molecule has 0 radical (unpaired) electrons. The number of nitrogens with zero attached hydrogens (tertiary/aromatic N) is 3. The summed E-state index contributed by atoms with van der Waals surface area (Å²) < 4.78 is 0.606. The van der Waals surface area contributed by atoms with Crippen LogP contribution in [-0.4, -0.2) is 45.7 Å². The second kappa shape index (κ2) is 6.77. The standard InChI is InChI=1S/C18H18ClN3O2S/c19-16-7-6-15(25-16)18(24)21-9-12-4-5-14(11-21)22(17(12)23)10-13-3-1-2-8-20-13/h1-3,6-8,12,14H,4-5,9-11H2. The Labute approximate surface area is 155 Å². The molecule has 3 aliphatic rings. The number of fused-ring (bicyclic) bond motifs is 4. The first-order chi connectivity index (χ1) is 12.1. The van der Waals surface area contributed by atoms with Crippen LogP contribution in [0.25, 0.3) is 0 Å². The molecule has 0 N–H and O–H groups in total. The summed E-state index contributed by atoms with van der Waals surface area (Å²) in [6.45, 7) is 1.57. The number of amides is 2. The van der Waals surface area contributed by atoms with Crippen LogP contribution in [0.1, 0.15) is 28.2 Å². The Hall–Kier alpha value is -1.92. The monoisotopic (exact) mass is 375 g/mol. The second-order valence-electron chi connectivity index (χ2n) is 6.53. The molecule has 130 valence electrons. The minimum Gasteiger partial charge on any atom is -0.335 e. The van der Waals surface area contributed by atoms with Gasteiger partial charge in [-0.2, -0.15) is 0 Å². The van der Waals surface area contributed by atoms with Gasteiger partial charge in [-0.3, -0.25) is 14.6 Å². The van der Waals surface area contributed by atoms with Gasteiger partial charge in [-0.15, -0.1) is 11.3 Å². The summed E-state index contributed by atoms with van der Waals surface area (Å²) in [5.41, 5.74) is 0.881. The maximum atomic E-state index is 12.9. The van der Waals surface area contributed by atoms with Crippen molar-refractivity contribution < 1.29 is 9.59 Å². The summed E-state index contributed by atoms with van der Waals surface area (Å²) in [5, 5.41) is 0. The average molecular weight is 376 g/mol. The van der Waals surface area contributed by atoms with Gasteiger partial charge in [0.1, 0.15) is 0 Å². The number of carbonyl (C=O) groups is 2. The fraction of sp³-hybridized carbons (Fsp3) is 0.389. The number of piperidine rings is 1. The van der Waals surface area contributed by atoms with E-state index in [-0.39, 0.29) is 23.8 Å². The zero-order valence-corrected chi connectivity index (χ0v) is 15.2. The third kappa shape index (κ3) is 3.28. The van der Waals surface area contributed by atoms with E-state index in [1.165, 1.54) is 11.3 Å². The Morgan fingerprint density at radius 2 is 2.12 bits per heavy atom. The molecule has 5 rings (SSSR count). The van der Waals surface area contributed by atoms with Gasteiger partial charge in [-0.25, -0.2) is 0 Å². The predicted molar refractivity (Wildman–Crippen MR) is 96.5 cm³/mol. The van der Waals surface area contributed by atoms with Crippen LogP contribution in [0.15, 0.2) is 36.5 Å². The molecule has 5 nitrogen and oxygen atoms in total. The van der Waals surface area contributed by atoms with E-state index in [9.17, 15) is 9.59 Å². The number of rotatable bonds is 3. The molecule has 3 saturated heterocycles. The van der Waals surface area contributed by atoms with Crippen LogP contribution in [0.3, 0.4) is 0 Å². The lowest BCUT2D eigenvalue weighted by Gasteiger charge is -2.35. The maximum absolute atomic E-state index is 12.9. The molecule has 2 bridgehead atoms. The van der Waals surface area contributed by atoms with Gasteiger partial charge in [0, 0.05) is 25.3 Å². The van der Waals surface area contributed by atoms with Crippen LogP contribution in [0.5, 0.6) is 0 Å². The molecule has 0 saturated carbocycles. The van der Waals surface area contributed by atoms with E-state index < -0.39 is 0 Å². The van der Waals surface area contributed by atoms with Crippen LogP contribution < -0.4 is 0 Å². The Morgan fingerprint density at radius 3 is 2.84 bits per heavy atom. The zero-order chi connectivity index (χ0) is 17.4. The molecule has 0 aromatic carbocycles. The lowest BCUT2D eigenvalue weighted by atomic mass is 9.94. The van der Waals surface area contributed by atoms with Crippen molar-refractivity contribution in [2.24, 2.45) is 5.92 Å². The van der Waals surface area contributed by atoms with E-state index in [2.05, 4.69) is 4.98 Å². The van der Waals surface area contributed by atoms with Crippen molar-refractivity contribution in [2.45, 2.75) is 25.4 Å². The quantitative estimate of drug-likeness (QED) is 0.828. The normalized spacial score (nSPS) is 23.0. The van der Waals surface area contributed by atoms with Crippen molar-refractivity contribution in [1.29, 1.82) is 0 Å². The maximum Gasteiger partial charge on any atom is 0.264 e. The third-order valence-corrected chi connectivity index (χ3v) is 6.14. The molecule has 2 aromatic heterocycles. The molecule has 25 heavy (non-hydrogen) atoms. The number of thiophene rings is 1. The van der Waals surface area contributed by atoms with Gasteiger partial charge in [0.2, 0.25) is 5.91 Å². The largest absolute Gasteiger partial charge is 0.335 e. The first-order valence-corrected chi connectivity index (χ1v) is 9.56. The lowest BCUT2D eigenvalue weighted by molar-refractivity contribution is -0.140. The van der Waals surface area contributed by atoms with Gasteiger partial charge in [0.25, 0.3) is 5.91 Å².